The molecule has 0 amide bonds. The lowest BCUT2D eigenvalue weighted by atomic mass is 10.0. The van der Waals surface area contributed by atoms with E-state index in [-0.39, 0.29) is 16.3 Å². The summed E-state index contributed by atoms with van der Waals surface area (Å²) >= 11 is 12.8. The van der Waals surface area contributed by atoms with Crippen molar-refractivity contribution >= 4 is 34.6 Å². The zero-order chi connectivity index (χ0) is 42.0. The minimum atomic E-state index is -0.465. The molecule has 0 unspecified atom stereocenters. The highest BCUT2D eigenvalue weighted by Crippen LogP contribution is 2.35. The van der Waals surface area contributed by atoms with Crippen molar-refractivity contribution in [1.82, 2.24) is 9.97 Å². The second-order valence-corrected chi connectivity index (χ2v) is 13.8. The lowest BCUT2D eigenvalue weighted by Gasteiger charge is -2.11. The highest BCUT2D eigenvalue weighted by Gasteiger charge is 2.17. The van der Waals surface area contributed by atoms with Crippen LogP contribution >= 0.6 is 23.2 Å². The number of nitrogen functional groups attached to an aromatic ring is 1. The summed E-state index contributed by atoms with van der Waals surface area (Å²) in [5.74, 6) is 2.81. The van der Waals surface area contributed by atoms with Crippen molar-refractivity contribution in [3.8, 4) is 80.2 Å². The molecule has 0 fully saturated rings. The summed E-state index contributed by atoms with van der Waals surface area (Å²) in [4.78, 5) is 19.7. The number of aromatic nitrogens is 2. The van der Waals surface area contributed by atoms with Crippen molar-refractivity contribution in [2.24, 2.45) is 0 Å². The molecule has 0 bridgehead atoms. The standard InChI is InChI=1S/C24H14ClN3O3.C24H16ClN3O/c25-22-14-23(16-6-10-18(11-7-16)28(29)30)27-24(21(22)15-26)17-8-12-20(13-9-17)31-19-4-2-1-3-5-19;25-22-14-23(16-6-10-18(27)11-7-16)28-24(21(22)15-26)17-8-12-20(13-9-17)29-19-4-2-1-3-5-19/h1-14H;1-14H,27H2. The molecule has 8 aromatic rings. The summed E-state index contributed by atoms with van der Waals surface area (Å²) in [6.07, 6.45) is 0. The number of non-ortho nitro benzene ring substituents is 1. The maximum absolute atomic E-state index is 10.9. The highest BCUT2D eigenvalue weighted by atomic mass is 35.5. The lowest BCUT2D eigenvalue weighted by Crippen LogP contribution is -1.95. The van der Waals surface area contributed by atoms with Crippen LogP contribution in [0.25, 0.3) is 45.0 Å². The van der Waals surface area contributed by atoms with Crippen molar-refractivity contribution in [2.45, 2.75) is 0 Å². The van der Waals surface area contributed by atoms with Crippen LogP contribution < -0.4 is 15.2 Å². The molecule has 6 aromatic carbocycles. The second-order valence-electron chi connectivity index (χ2n) is 13.0. The predicted molar refractivity (Wildman–Crippen MR) is 234 cm³/mol. The van der Waals surface area contributed by atoms with E-state index >= 15 is 0 Å². The number of ether oxygens (including phenoxy) is 2. The minimum Gasteiger partial charge on any atom is -0.457 e. The topological polar surface area (TPSA) is 161 Å². The number of rotatable bonds is 9. The van der Waals surface area contributed by atoms with E-state index in [2.05, 4.69) is 17.1 Å². The summed E-state index contributed by atoms with van der Waals surface area (Å²) in [6.45, 7) is 0. The van der Waals surface area contributed by atoms with Gasteiger partial charge in [0, 0.05) is 40.1 Å². The number of nitrogens with zero attached hydrogens (tertiary/aromatic N) is 5. The Bertz CT molecular complexity index is 2870. The first kappa shape index (κ1) is 40.2. The maximum Gasteiger partial charge on any atom is 0.269 e. The molecule has 0 saturated carbocycles. The van der Waals surface area contributed by atoms with Crippen molar-refractivity contribution in [1.29, 1.82) is 10.5 Å². The van der Waals surface area contributed by atoms with Gasteiger partial charge in [-0.3, -0.25) is 10.1 Å². The van der Waals surface area contributed by atoms with Gasteiger partial charge in [0.15, 0.2) is 0 Å². The molecule has 2 heterocycles. The van der Waals surface area contributed by atoms with Crippen LogP contribution in [0.1, 0.15) is 11.1 Å². The van der Waals surface area contributed by atoms with Gasteiger partial charge in [0.1, 0.15) is 35.1 Å². The van der Waals surface area contributed by atoms with Crippen molar-refractivity contribution in [2.75, 3.05) is 5.73 Å². The number of nitriles is 2. The number of benzene rings is 6. The van der Waals surface area contributed by atoms with E-state index in [1.807, 2.05) is 97.1 Å². The molecule has 0 aliphatic carbocycles. The molecule has 12 heteroatoms. The Morgan fingerprint density at radius 1 is 0.517 bits per heavy atom. The fourth-order valence-electron chi connectivity index (χ4n) is 5.97. The Labute approximate surface area is 355 Å². The van der Waals surface area contributed by atoms with Crippen molar-refractivity contribution < 1.29 is 14.4 Å². The molecule has 0 spiro atoms. The van der Waals surface area contributed by atoms with Crippen LogP contribution in [0.15, 0.2) is 170 Å². The van der Waals surface area contributed by atoms with E-state index in [0.717, 1.165) is 16.9 Å². The van der Waals surface area contributed by atoms with E-state index in [9.17, 15) is 20.6 Å². The molecule has 60 heavy (non-hydrogen) atoms. The molecular formula is C48H30Cl2N6O4. The predicted octanol–water partition coefficient (Wildman–Crippen LogP) is 13.0. The van der Waals surface area contributed by atoms with Crippen molar-refractivity contribution in [3.05, 3.63) is 201 Å². The fraction of sp³-hybridized carbons (Fsp3) is 0. The van der Waals surface area contributed by atoms with Gasteiger partial charge in [-0.2, -0.15) is 10.5 Å². The monoisotopic (exact) mass is 824 g/mol. The maximum atomic E-state index is 10.9. The average molecular weight is 826 g/mol. The third-order valence-corrected chi connectivity index (χ3v) is 9.56. The largest absolute Gasteiger partial charge is 0.457 e. The highest BCUT2D eigenvalue weighted by molar-refractivity contribution is 6.32. The summed E-state index contributed by atoms with van der Waals surface area (Å²) in [5.41, 5.74) is 12.2. The number of nitrogens with two attached hydrogens (primary N) is 1. The summed E-state index contributed by atoms with van der Waals surface area (Å²) in [6, 6.07) is 54.4. The number of anilines is 1. The summed E-state index contributed by atoms with van der Waals surface area (Å²) in [7, 11) is 0. The van der Waals surface area contributed by atoms with E-state index in [1.165, 1.54) is 12.1 Å². The Balaban J connectivity index is 0.000000182. The number of hydrogen-bond acceptors (Lipinski definition) is 9. The molecule has 0 aliphatic rings. The van der Waals surface area contributed by atoms with Crippen LogP contribution in [-0.4, -0.2) is 14.9 Å². The van der Waals surface area contributed by atoms with Crippen LogP contribution in [0.5, 0.6) is 23.0 Å². The van der Waals surface area contributed by atoms with Crippen LogP contribution in [-0.2, 0) is 0 Å². The number of nitro groups is 1. The molecule has 0 aliphatic heterocycles. The first-order valence-corrected chi connectivity index (χ1v) is 18.9. The number of nitro benzene ring substituents is 1. The Kier molecular flexibility index (Phi) is 12.4. The SMILES string of the molecule is N#Cc1c(Cl)cc(-c2ccc(N)cc2)nc1-c1ccc(Oc2ccccc2)cc1.N#Cc1c(Cl)cc(-c2ccc([N+](=O)[O-])cc2)nc1-c1ccc(Oc2ccccc2)cc1. The Morgan fingerprint density at radius 3 is 1.23 bits per heavy atom. The van der Waals surface area contributed by atoms with E-state index in [0.29, 0.717) is 67.4 Å². The minimum absolute atomic E-state index is 0.0160. The van der Waals surface area contributed by atoms with E-state index in [4.69, 9.17) is 43.4 Å². The van der Waals surface area contributed by atoms with Gasteiger partial charge in [0.2, 0.25) is 0 Å². The van der Waals surface area contributed by atoms with E-state index < -0.39 is 4.92 Å². The molecular weight excluding hydrogens is 795 g/mol. The van der Waals surface area contributed by atoms with Gasteiger partial charge in [-0.25, -0.2) is 9.97 Å². The Hall–Kier alpha value is -8.02. The smallest absolute Gasteiger partial charge is 0.269 e. The molecule has 0 radical (unpaired) electrons. The molecule has 290 valence electrons. The number of halogens is 2. The Morgan fingerprint density at radius 2 is 0.867 bits per heavy atom. The lowest BCUT2D eigenvalue weighted by molar-refractivity contribution is -0.384. The number of pyridine rings is 2. The van der Waals surface area contributed by atoms with Crippen LogP contribution in [0.3, 0.4) is 0 Å². The van der Waals surface area contributed by atoms with Gasteiger partial charge in [0.05, 0.1) is 48.9 Å². The normalized spacial score (nSPS) is 10.3. The quantitative estimate of drug-likeness (QED) is 0.0848. The number of hydrogen-bond donors (Lipinski definition) is 1. The van der Waals surface area contributed by atoms with Crippen LogP contribution in [0.4, 0.5) is 11.4 Å². The van der Waals surface area contributed by atoms with Gasteiger partial charge < -0.3 is 15.2 Å². The molecule has 0 saturated heterocycles. The first-order chi connectivity index (χ1) is 29.2. The third kappa shape index (κ3) is 9.56. The zero-order valence-electron chi connectivity index (χ0n) is 31.4. The zero-order valence-corrected chi connectivity index (χ0v) is 32.9. The van der Waals surface area contributed by atoms with Gasteiger partial charge in [-0.1, -0.05) is 71.7 Å². The van der Waals surface area contributed by atoms with Gasteiger partial charge in [-0.15, -0.1) is 0 Å². The molecule has 8 rings (SSSR count). The summed E-state index contributed by atoms with van der Waals surface area (Å²) in [5, 5.41) is 30.7. The van der Waals surface area contributed by atoms with Gasteiger partial charge >= 0.3 is 0 Å². The molecule has 0 atom stereocenters. The molecule has 2 aromatic heterocycles. The van der Waals surface area contributed by atoms with Crippen LogP contribution in [0.2, 0.25) is 10.0 Å². The van der Waals surface area contributed by atoms with Crippen molar-refractivity contribution in [3.63, 3.8) is 0 Å². The van der Waals surface area contributed by atoms with E-state index in [1.54, 1.807) is 60.7 Å². The average Bonchev–Trinajstić information content (AvgIpc) is 3.27. The second kappa shape index (κ2) is 18.5. The summed E-state index contributed by atoms with van der Waals surface area (Å²) < 4.78 is 11.6. The molecule has 2 N–H and O–H groups in total. The number of para-hydroxylation sites is 2. The van der Waals surface area contributed by atoms with Crippen LogP contribution in [0, 0.1) is 32.8 Å². The first-order valence-electron chi connectivity index (χ1n) is 18.2. The fourth-order valence-corrected chi connectivity index (χ4v) is 6.44. The third-order valence-electron chi connectivity index (χ3n) is 8.96. The van der Waals surface area contributed by atoms with Gasteiger partial charge in [0.25, 0.3) is 5.69 Å². The van der Waals surface area contributed by atoms with Gasteiger partial charge in [-0.05, 0) is 109 Å². The molecule has 10 nitrogen and oxygen atoms in total.